The zero-order chi connectivity index (χ0) is 18.3. The predicted molar refractivity (Wildman–Crippen MR) is 100.0 cm³/mol. The maximum Gasteiger partial charge on any atom is 0.251 e. The van der Waals surface area contributed by atoms with E-state index in [0.717, 1.165) is 28.1 Å². The summed E-state index contributed by atoms with van der Waals surface area (Å²) in [6, 6.07) is 13.1. The average molecular weight is 348 g/mol. The van der Waals surface area contributed by atoms with Crippen LogP contribution >= 0.6 is 0 Å². The van der Waals surface area contributed by atoms with Crippen molar-refractivity contribution in [1.82, 2.24) is 14.9 Å². The van der Waals surface area contributed by atoms with Gasteiger partial charge in [-0.3, -0.25) is 9.59 Å². The van der Waals surface area contributed by atoms with Crippen molar-refractivity contribution in [3.8, 4) is 0 Å². The number of amides is 2. The zero-order valence-electron chi connectivity index (χ0n) is 14.7. The van der Waals surface area contributed by atoms with Gasteiger partial charge in [-0.2, -0.15) is 0 Å². The number of imidazole rings is 1. The van der Waals surface area contributed by atoms with Gasteiger partial charge in [0.2, 0.25) is 5.91 Å². The highest BCUT2D eigenvalue weighted by Gasteiger charge is 2.20. The van der Waals surface area contributed by atoms with Gasteiger partial charge in [0.25, 0.3) is 5.91 Å². The molecule has 0 aliphatic carbocycles. The van der Waals surface area contributed by atoms with E-state index >= 15 is 0 Å². The fourth-order valence-electron chi connectivity index (χ4n) is 3.42. The summed E-state index contributed by atoms with van der Waals surface area (Å²) in [5.74, 6) is 0.680. The molecule has 4 rings (SSSR count). The Balaban J connectivity index is 1.55. The van der Waals surface area contributed by atoms with Crippen LogP contribution < -0.4 is 10.6 Å². The average Bonchev–Trinajstić information content (AvgIpc) is 2.98. The van der Waals surface area contributed by atoms with Crippen molar-refractivity contribution in [1.29, 1.82) is 0 Å². The van der Waals surface area contributed by atoms with E-state index in [4.69, 9.17) is 0 Å². The Morgan fingerprint density at radius 3 is 2.85 bits per heavy atom. The molecular formula is C20H20N4O2. The Kier molecular flexibility index (Phi) is 3.95. The molecule has 2 heterocycles. The van der Waals surface area contributed by atoms with Crippen LogP contribution in [0.1, 0.15) is 41.1 Å². The first kappa shape index (κ1) is 16.3. The van der Waals surface area contributed by atoms with Gasteiger partial charge in [0.05, 0.1) is 17.1 Å². The Bertz CT molecular complexity index is 1020. The van der Waals surface area contributed by atoms with Crippen LogP contribution in [0.5, 0.6) is 0 Å². The molecule has 26 heavy (non-hydrogen) atoms. The molecule has 0 spiro atoms. The number of anilines is 1. The molecule has 2 N–H and O–H groups in total. The molecule has 1 aliphatic rings. The molecule has 132 valence electrons. The van der Waals surface area contributed by atoms with E-state index in [1.165, 1.54) is 0 Å². The number of fused-ring (bicyclic) bond motifs is 2. The Labute approximate surface area is 151 Å². The lowest BCUT2D eigenvalue weighted by atomic mass is 10.00. The van der Waals surface area contributed by atoms with E-state index in [-0.39, 0.29) is 17.9 Å². The molecule has 1 atom stereocenters. The van der Waals surface area contributed by atoms with Gasteiger partial charge in [0.1, 0.15) is 5.82 Å². The largest absolute Gasteiger partial charge is 0.342 e. The van der Waals surface area contributed by atoms with E-state index in [2.05, 4.69) is 15.6 Å². The molecule has 0 saturated carbocycles. The third-order valence-corrected chi connectivity index (χ3v) is 4.82. The molecule has 2 aromatic carbocycles. The van der Waals surface area contributed by atoms with Gasteiger partial charge in [0, 0.05) is 24.7 Å². The maximum atomic E-state index is 12.7. The molecule has 1 aromatic heterocycles. The smallest absolute Gasteiger partial charge is 0.251 e. The summed E-state index contributed by atoms with van der Waals surface area (Å²) < 4.78 is 2.00. The minimum absolute atomic E-state index is 0.0187. The molecule has 1 unspecified atom stereocenters. The summed E-state index contributed by atoms with van der Waals surface area (Å²) in [6.07, 6.45) is 1.11. The van der Waals surface area contributed by atoms with Crippen LogP contribution in [0, 0.1) is 0 Å². The van der Waals surface area contributed by atoms with E-state index < -0.39 is 0 Å². The molecule has 6 heteroatoms. The van der Waals surface area contributed by atoms with Crippen molar-refractivity contribution in [2.24, 2.45) is 7.05 Å². The van der Waals surface area contributed by atoms with Gasteiger partial charge in [-0.05, 0) is 49.2 Å². The van der Waals surface area contributed by atoms with Crippen LogP contribution in [0.15, 0.2) is 42.5 Å². The van der Waals surface area contributed by atoms with E-state index in [1.807, 2.05) is 48.9 Å². The first-order valence-corrected chi connectivity index (χ1v) is 8.68. The third kappa shape index (κ3) is 2.83. The summed E-state index contributed by atoms with van der Waals surface area (Å²) >= 11 is 0. The van der Waals surface area contributed by atoms with Crippen molar-refractivity contribution < 1.29 is 9.59 Å². The zero-order valence-corrected chi connectivity index (χ0v) is 14.7. The van der Waals surface area contributed by atoms with Crippen molar-refractivity contribution in [2.75, 3.05) is 5.32 Å². The SMILES string of the molecule is CC(NC(=O)c1ccc2c(c1)CCC(=O)N2)c1nc2ccccc2n1C. The molecular weight excluding hydrogens is 328 g/mol. The molecule has 6 nitrogen and oxygen atoms in total. The van der Waals surface area contributed by atoms with Crippen LogP contribution in [-0.2, 0) is 18.3 Å². The maximum absolute atomic E-state index is 12.7. The molecule has 0 saturated heterocycles. The topological polar surface area (TPSA) is 76.0 Å². The quantitative estimate of drug-likeness (QED) is 0.764. The second-order valence-electron chi connectivity index (χ2n) is 6.63. The number of benzene rings is 2. The highest BCUT2D eigenvalue weighted by molar-refractivity contribution is 5.98. The molecule has 0 fully saturated rings. The summed E-state index contributed by atoms with van der Waals surface area (Å²) in [6.45, 7) is 1.93. The molecule has 3 aromatic rings. The number of rotatable bonds is 3. The molecule has 2 amide bonds. The van der Waals surface area contributed by atoms with Gasteiger partial charge in [-0.1, -0.05) is 12.1 Å². The van der Waals surface area contributed by atoms with Crippen molar-refractivity contribution in [3.63, 3.8) is 0 Å². The Morgan fingerprint density at radius 2 is 2.04 bits per heavy atom. The van der Waals surface area contributed by atoms with Crippen LogP contribution in [0.3, 0.4) is 0 Å². The first-order valence-electron chi connectivity index (χ1n) is 8.68. The van der Waals surface area contributed by atoms with Gasteiger partial charge >= 0.3 is 0 Å². The second kappa shape index (κ2) is 6.29. The summed E-state index contributed by atoms with van der Waals surface area (Å²) in [5.41, 5.74) is 4.32. The fourth-order valence-corrected chi connectivity index (χ4v) is 3.42. The Morgan fingerprint density at radius 1 is 1.23 bits per heavy atom. The standard InChI is InChI=1S/C20H20N4O2/c1-12(19-23-16-5-3-4-6-17(16)24(19)2)21-20(26)14-7-9-15-13(11-14)8-10-18(25)22-15/h3-7,9,11-12H,8,10H2,1-2H3,(H,21,26)(H,22,25). The van der Waals surface area contributed by atoms with Gasteiger partial charge in [0.15, 0.2) is 0 Å². The second-order valence-corrected chi connectivity index (χ2v) is 6.63. The lowest BCUT2D eigenvalue weighted by Crippen LogP contribution is -2.29. The van der Waals surface area contributed by atoms with Gasteiger partial charge < -0.3 is 15.2 Å². The van der Waals surface area contributed by atoms with E-state index in [1.54, 1.807) is 12.1 Å². The minimum Gasteiger partial charge on any atom is -0.342 e. The van der Waals surface area contributed by atoms with Crippen molar-refractivity contribution in [3.05, 3.63) is 59.4 Å². The lowest BCUT2D eigenvalue weighted by molar-refractivity contribution is -0.116. The van der Waals surface area contributed by atoms with Crippen LogP contribution in [0.25, 0.3) is 11.0 Å². The van der Waals surface area contributed by atoms with Crippen molar-refractivity contribution >= 4 is 28.5 Å². The lowest BCUT2D eigenvalue weighted by Gasteiger charge is -2.18. The number of nitrogens with zero attached hydrogens (tertiary/aromatic N) is 2. The number of aromatic nitrogens is 2. The highest BCUT2D eigenvalue weighted by atomic mass is 16.2. The van der Waals surface area contributed by atoms with Crippen molar-refractivity contribution in [2.45, 2.75) is 25.8 Å². The number of aryl methyl sites for hydroxylation is 2. The van der Waals surface area contributed by atoms with Crippen LogP contribution in [0.4, 0.5) is 5.69 Å². The van der Waals surface area contributed by atoms with Gasteiger partial charge in [-0.15, -0.1) is 0 Å². The normalized spacial score (nSPS) is 14.6. The molecule has 1 aliphatic heterocycles. The first-order chi connectivity index (χ1) is 12.5. The van der Waals surface area contributed by atoms with Crippen LogP contribution in [0.2, 0.25) is 0 Å². The summed E-state index contributed by atoms with van der Waals surface area (Å²) in [5, 5.41) is 5.85. The van der Waals surface area contributed by atoms with E-state index in [9.17, 15) is 9.59 Å². The molecule has 0 bridgehead atoms. The number of nitrogens with one attached hydrogen (secondary N) is 2. The van der Waals surface area contributed by atoms with Crippen LogP contribution in [-0.4, -0.2) is 21.4 Å². The number of hydrogen-bond acceptors (Lipinski definition) is 3. The number of carbonyl (C=O) groups is 2. The number of para-hydroxylation sites is 2. The number of hydrogen-bond donors (Lipinski definition) is 2. The van der Waals surface area contributed by atoms with Gasteiger partial charge in [-0.25, -0.2) is 4.98 Å². The predicted octanol–water partition coefficient (Wildman–Crippen LogP) is 2.95. The Hall–Kier alpha value is -3.15. The monoisotopic (exact) mass is 348 g/mol. The minimum atomic E-state index is -0.226. The molecule has 0 radical (unpaired) electrons. The number of carbonyl (C=O) groups excluding carboxylic acids is 2. The van der Waals surface area contributed by atoms with E-state index in [0.29, 0.717) is 18.4 Å². The third-order valence-electron chi connectivity index (χ3n) is 4.82. The highest BCUT2D eigenvalue weighted by Crippen LogP contribution is 2.24. The fraction of sp³-hybridized carbons (Fsp3) is 0.250. The summed E-state index contributed by atoms with van der Waals surface area (Å²) in [7, 11) is 1.95. The summed E-state index contributed by atoms with van der Waals surface area (Å²) in [4.78, 5) is 28.8.